The molecule has 6 nitrogen and oxygen atoms in total. The molecule has 128 valence electrons. The van der Waals surface area contributed by atoms with Gasteiger partial charge in [0.15, 0.2) is 0 Å². The highest BCUT2D eigenvalue weighted by atomic mass is 32.1. The molecule has 1 aromatic heterocycles. The lowest BCUT2D eigenvalue weighted by atomic mass is 9.98. The van der Waals surface area contributed by atoms with Crippen LogP contribution in [0, 0.1) is 12.8 Å². The zero-order valence-electron chi connectivity index (χ0n) is 13.7. The van der Waals surface area contributed by atoms with Crippen LogP contribution in [0.1, 0.15) is 28.0 Å². The quantitative estimate of drug-likeness (QED) is 0.763. The van der Waals surface area contributed by atoms with Crippen molar-refractivity contribution in [1.29, 1.82) is 0 Å². The minimum atomic E-state index is -0.480. The van der Waals surface area contributed by atoms with Crippen LogP contribution in [0.5, 0.6) is 5.75 Å². The van der Waals surface area contributed by atoms with Gasteiger partial charge in [0.2, 0.25) is 5.91 Å². The summed E-state index contributed by atoms with van der Waals surface area (Å²) >= 11 is 1.41. The molecule has 3 N–H and O–H groups in total. The van der Waals surface area contributed by atoms with Gasteiger partial charge in [-0.15, -0.1) is 11.3 Å². The molecule has 0 aliphatic rings. The molecule has 0 saturated heterocycles. The van der Waals surface area contributed by atoms with Crippen LogP contribution in [0.3, 0.4) is 0 Å². The Labute approximate surface area is 145 Å². The Kier molecular flexibility index (Phi) is 6.31. The topological polar surface area (TPSA) is 94.3 Å². The molecule has 1 atom stereocenters. The van der Waals surface area contributed by atoms with Crippen molar-refractivity contribution >= 4 is 23.2 Å². The first-order valence-corrected chi connectivity index (χ1v) is 8.59. The number of thiazole rings is 1. The van der Waals surface area contributed by atoms with E-state index < -0.39 is 11.8 Å². The summed E-state index contributed by atoms with van der Waals surface area (Å²) in [4.78, 5) is 27.8. The fraction of sp³-hybridized carbons (Fsp3) is 0.353. The van der Waals surface area contributed by atoms with E-state index in [1.54, 1.807) is 5.38 Å². The van der Waals surface area contributed by atoms with Crippen molar-refractivity contribution in [1.82, 2.24) is 10.3 Å². The second-order valence-corrected chi connectivity index (χ2v) is 6.40. The average molecular weight is 347 g/mol. The smallest absolute Gasteiger partial charge is 0.270 e. The molecule has 2 rings (SSSR count). The van der Waals surface area contributed by atoms with Crippen molar-refractivity contribution in [3.63, 3.8) is 0 Å². The normalized spacial score (nSPS) is 11.8. The lowest BCUT2D eigenvalue weighted by Gasteiger charge is -2.14. The molecule has 1 unspecified atom stereocenters. The summed E-state index contributed by atoms with van der Waals surface area (Å²) in [6.45, 7) is 4.53. The Bertz CT molecular complexity index is 697. The highest BCUT2D eigenvalue weighted by Crippen LogP contribution is 2.15. The Balaban J connectivity index is 1.94. The van der Waals surface area contributed by atoms with Gasteiger partial charge in [0, 0.05) is 11.9 Å². The zero-order valence-corrected chi connectivity index (χ0v) is 14.6. The van der Waals surface area contributed by atoms with E-state index in [0.717, 1.165) is 16.3 Å². The van der Waals surface area contributed by atoms with E-state index in [4.69, 9.17) is 10.5 Å². The molecule has 0 bridgehead atoms. The van der Waals surface area contributed by atoms with E-state index in [1.807, 2.05) is 38.1 Å². The minimum absolute atomic E-state index is 0.179. The number of hydrogen-bond donors (Lipinski definition) is 2. The average Bonchev–Trinajstić information content (AvgIpc) is 2.99. The number of primary amides is 1. The van der Waals surface area contributed by atoms with Crippen LogP contribution in [0.2, 0.25) is 0 Å². The molecule has 0 fully saturated rings. The van der Waals surface area contributed by atoms with Crippen LogP contribution in [-0.4, -0.2) is 29.9 Å². The fourth-order valence-corrected chi connectivity index (χ4v) is 2.81. The summed E-state index contributed by atoms with van der Waals surface area (Å²) in [5, 5.41) is 5.24. The van der Waals surface area contributed by atoms with Crippen LogP contribution >= 0.6 is 11.3 Å². The number of aromatic nitrogens is 1. The molecule has 2 aromatic rings. The van der Waals surface area contributed by atoms with E-state index in [-0.39, 0.29) is 12.5 Å². The second-order valence-electron chi connectivity index (χ2n) is 5.34. The van der Waals surface area contributed by atoms with Gasteiger partial charge in [-0.25, -0.2) is 4.98 Å². The van der Waals surface area contributed by atoms with E-state index >= 15 is 0 Å². The first-order chi connectivity index (χ1) is 11.5. The Morgan fingerprint density at radius 3 is 2.58 bits per heavy atom. The Morgan fingerprint density at radius 1 is 1.33 bits per heavy atom. The number of hydrogen-bond acceptors (Lipinski definition) is 5. The number of nitrogens with one attached hydrogen (secondary N) is 1. The zero-order chi connectivity index (χ0) is 17.5. The third-order valence-electron chi connectivity index (χ3n) is 3.48. The van der Waals surface area contributed by atoms with Gasteiger partial charge in [-0.1, -0.05) is 12.1 Å². The highest BCUT2D eigenvalue weighted by Gasteiger charge is 2.18. The SMILES string of the molecule is CCOc1ccc(CC(CNC(=O)c2csc(C)n2)C(N)=O)cc1. The van der Waals surface area contributed by atoms with Crippen molar-refractivity contribution in [2.24, 2.45) is 11.7 Å². The van der Waals surface area contributed by atoms with Crippen LogP contribution in [0.25, 0.3) is 0 Å². The molecule has 0 spiro atoms. The number of ether oxygens (including phenoxy) is 1. The first-order valence-electron chi connectivity index (χ1n) is 7.71. The van der Waals surface area contributed by atoms with Crippen molar-refractivity contribution in [3.05, 3.63) is 45.9 Å². The maximum absolute atomic E-state index is 12.0. The van der Waals surface area contributed by atoms with E-state index in [9.17, 15) is 9.59 Å². The second kappa shape index (κ2) is 8.44. The number of nitrogens with two attached hydrogens (primary N) is 1. The molecule has 0 aliphatic heterocycles. The number of amides is 2. The Hall–Kier alpha value is -2.41. The summed E-state index contributed by atoms with van der Waals surface area (Å²) in [6, 6.07) is 7.50. The van der Waals surface area contributed by atoms with Gasteiger partial charge in [-0.3, -0.25) is 9.59 Å². The van der Waals surface area contributed by atoms with Crippen LogP contribution < -0.4 is 15.8 Å². The van der Waals surface area contributed by atoms with Crippen molar-refractivity contribution in [2.45, 2.75) is 20.3 Å². The largest absolute Gasteiger partial charge is 0.494 e. The van der Waals surface area contributed by atoms with E-state index in [0.29, 0.717) is 18.7 Å². The monoisotopic (exact) mass is 347 g/mol. The molecule has 2 amide bonds. The third kappa shape index (κ3) is 5.06. The lowest BCUT2D eigenvalue weighted by molar-refractivity contribution is -0.121. The van der Waals surface area contributed by atoms with Gasteiger partial charge in [0.05, 0.1) is 17.5 Å². The summed E-state index contributed by atoms with van der Waals surface area (Å²) in [5.41, 5.74) is 6.78. The molecule has 0 radical (unpaired) electrons. The Morgan fingerprint density at radius 2 is 2.04 bits per heavy atom. The predicted octanol–water partition coefficient (Wildman–Crippen LogP) is 1.92. The molecular weight excluding hydrogens is 326 g/mol. The maximum atomic E-state index is 12.0. The summed E-state index contributed by atoms with van der Waals surface area (Å²) in [6.07, 6.45) is 0.456. The fourth-order valence-electron chi connectivity index (χ4n) is 2.22. The first kappa shape index (κ1) is 17.9. The molecule has 0 aliphatic carbocycles. The van der Waals surface area contributed by atoms with Crippen LogP contribution in [0.15, 0.2) is 29.6 Å². The maximum Gasteiger partial charge on any atom is 0.270 e. The molecular formula is C17H21N3O3S. The van der Waals surface area contributed by atoms with Gasteiger partial charge in [0.1, 0.15) is 11.4 Å². The highest BCUT2D eigenvalue weighted by molar-refractivity contribution is 7.09. The van der Waals surface area contributed by atoms with Gasteiger partial charge >= 0.3 is 0 Å². The minimum Gasteiger partial charge on any atom is -0.494 e. The number of carbonyl (C=O) groups excluding carboxylic acids is 2. The van der Waals surface area contributed by atoms with Crippen molar-refractivity contribution < 1.29 is 14.3 Å². The van der Waals surface area contributed by atoms with Gasteiger partial charge in [0.25, 0.3) is 5.91 Å². The number of rotatable bonds is 8. The van der Waals surface area contributed by atoms with Gasteiger partial charge < -0.3 is 15.8 Å². The van der Waals surface area contributed by atoms with Crippen LogP contribution in [-0.2, 0) is 11.2 Å². The van der Waals surface area contributed by atoms with E-state index in [2.05, 4.69) is 10.3 Å². The molecule has 7 heteroatoms. The van der Waals surface area contributed by atoms with Gasteiger partial charge in [-0.05, 0) is 38.0 Å². The summed E-state index contributed by atoms with van der Waals surface area (Å²) in [5.74, 6) is -0.438. The number of nitrogens with zero attached hydrogens (tertiary/aromatic N) is 1. The molecule has 1 aromatic carbocycles. The number of carbonyl (C=O) groups is 2. The van der Waals surface area contributed by atoms with Crippen LogP contribution in [0.4, 0.5) is 0 Å². The van der Waals surface area contributed by atoms with Crippen molar-refractivity contribution in [2.75, 3.05) is 13.2 Å². The molecule has 1 heterocycles. The van der Waals surface area contributed by atoms with Crippen molar-refractivity contribution in [3.8, 4) is 5.75 Å². The number of benzene rings is 1. The van der Waals surface area contributed by atoms with Gasteiger partial charge in [-0.2, -0.15) is 0 Å². The predicted molar refractivity (Wildman–Crippen MR) is 93.2 cm³/mol. The standard InChI is InChI=1S/C17H21N3O3S/c1-3-23-14-6-4-12(5-7-14)8-13(16(18)21)9-19-17(22)15-10-24-11(2)20-15/h4-7,10,13H,3,8-9H2,1-2H3,(H2,18,21)(H,19,22). The molecule has 0 saturated carbocycles. The number of aryl methyl sites for hydroxylation is 1. The third-order valence-corrected chi connectivity index (χ3v) is 4.25. The molecule has 24 heavy (non-hydrogen) atoms. The van der Waals surface area contributed by atoms with E-state index in [1.165, 1.54) is 11.3 Å². The lowest BCUT2D eigenvalue weighted by Crippen LogP contribution is -2.37. The summed E-state index contributed by atoms with van der Waals surface area (Å²) < 4.78 is 5.39. The summed E-state index contributed by atoms with van der Waals surface area (Å²) in [7, 11) is 0.